The molecule has 1 aliphatic heterocycles. The van der Waals surface area contributed by atoms with Crippen LogP contribution in [-0.4, -0.2) is 61.9 Å². The Balaban J connectivity index is 1.32. The van der Waals surface area contributed by atoms with Gasteiger partial charge in [0.15, 0.2) is 5.69 Å². The number of nitrogens with zero attached hydrogens (tertiary/aromatic N) is 5. The minimum atomic E-state index is -0.481. The Morgan fingerprint density at radius 3 is 2.45 bits per heavy atom. The molecule has 2 aromatic rings. The van der Waals surface area contributed by atoms with Gasteiger partial charge in [-0.2, -0.15) is 0 Å². The molecule has 176 valence electrons. The average molecular weight is 456 g/mol. The lowest BCUT2D eigenvalue weighted by Gasteiger charge is -2.34. The number of benzene rings is 1. The number of likely N-dealkylation sites (tertiary alicyclic amines) is 1. The van der Waals surface area contributed by atoms with E-state index in [1.54, 1.807) is 19.1 Å². The van der Waals surface area contributed by atoms with Crippen LogP contribution < -0.4 is 10.6 Å². The summed E-state index contributed by atoms with van der Waals surface area (Å²) in [5.41, 5.74) is 1.08. The molecular formula is C22H29N7O4. The Morgan fingerprint density at radius 2 is 1.76 bits per heavy atom. The van der Waals surface area contributed by atoms with E-state index in [9.17, 15) is 19.7 Å². The molecule has 2 heterocycles. The molecule has 1 aromatic heterocycles. The molecule has 33 heavy (non-hydrogen) atoms. The first-order chi connectivity index (χ1) is 15.9. The van der Waals surface area contributed by atoms with E-state index in [-0.39, 0.29) is 35.4 Å². The van der Waals surface area contributed by atoms with Gasteiger partial charge in [-0.25, -0.2) is 9.48 Å². The van der Waals surface area contributed by atoms with Crippen molar-refractivity contribution in [2.45, 2.75) is 64.0 Å². The fourth-order valence-electron chi connectivity index (χ4n) is 4.52. The van der Waals surface area contributed by atoms with E-state index in [1.165, 1.54) is 36.1 Å². The second-order valence-electron chi connectivity index (χ2n) is 8.73. The standard InChI is InChI=1S/C22H29N7O4/c1-15-20(25-26-28(15)18-8-5-9-19(14-18)29(32)33)21(30)23-17-10-12-27(13-11-17)22(31)24-16-6-3-2-4-7-16/h5,8-9,14,16-17H,2-4,6-7,10-13H2,1H3,(H,23,30)(H,24,31). The molecule has 3 amide bonds. The average Bonchev–Trinajstić information content (AvgIpc) is 3.21. The van der Waals surface area contributed by atoms with E-state index in [4.69, 9.17) is 0 Å². The quantitative estimate of drug-likeness (QED) is 0.526. The number of nitrogens with one attached hydrogen (secondary N) is 2. The molecule has 0 atom stereocenters. The summed E-state index contributed by atoms with van der Waals surface area (Å²) >= 11 is 0. The molecule has 2 aliphatic rings. The molecule has 11 heteroatoms. The van der Waals surface area contributed by atoms with Gasteiger partial charge < -0.3 is 15.5 Å². The molecule has 1 saturated carbocycles. The SMILES string of the molecule is Cc1c(C(=O)NC2CCN(C(=O)NC3CCCCC3)CC2)nnn1-c1cccc([N+](=O)[O-])c1. The molecule has 1 saturated heterocycles. The van der Waals surface area contributed by atoms with Crippen molar-refractivity contribution in [1.82, 2.24) is 30.5 Å². The summed E-state index contributed by atoms with van der Waals surface area (Å²) in [5.74, 6) is -0.339. The van der Waals surface area contributed by atoms with E-state index < -0.39 is 4.92 Å². The third-order valence-electron chi connectivity index (χ3n) is 6.44. The number of urea groups is 1. The molecule has 0 bridgehead atoms. The molecule has 11 nitrogen and oxygen atoms in total. The summed E-state index contributed by atoms with van der Waals surface area (Å²) in [6.45, 7) is 2.87. The fraction of sp³-hybridized carbons (Fsp3) is 0.545. The highest BCUT2D eigenvalue weighted by molar-refractivity contribution is 5.93. The van der Waals surface area contributed by atoms with Crippen molar-refractivity contribution >= 4 is 17.6 Å². The van der Waals surface area contributed by atoms with Gasteiger partial charge in [0.05, 0.1) is 16.3 Å². The Kier molecular flexibility index (Phi) is 6.85. The van der Waals surface area contributed by atoms with Crippen LogP contribution >= 0.6 is 0 Å². The van der Waals surface area contributed by atoms with Crippen molar-refractivity contribution in [2.75, 3.05) is 13.1 Å². The minimum absolute atomic E-state index is 0.0116. The smallest absolute Gasteiger partial charge is 0.317 e. The highest BCUT2D eigenvalue weighted by Crippen LogP contribution is 2.20. The summed E-state index contributed by atoms with van der Waals surface area (Å²) in [6, 6.07) is 6.22. The van der Waals surface area contributed by atoms with Crippen molar-refractivity contribution in [3.63, 3.8) is 0 Å². The van der Waals surface area contributed by atoms with Crippen LogP contribution in [0.2, 0.25) is 0 Å². The normalized spacial score (nSPS) is 17.5. The fourth-order valence-corrected chi connectivity index (χ4v) is 4.52. The van der Waals surface area contributed by atoms with Crippen LogP contribution in [0.25, 0.3) is 5.69 Å². The zero-order chi connectivity index (χ0) is 23.4. The molecule has 4 rings (SSSR count). The second-order valence-corrected chi connectivity index (χ2v) is 8.73. The maximum Gasteiger partial charge on any atom is 0.317 e. The first kappa shape index (κ1) is 22.7. The van der Waals surface area contributed by atoms with Gasteiger partial charge in [-0.3, -0.25) is 14.9 Å². The van der Waals surface area contributed by atoms with Crippen LogP contribution in [0, 0.1) is 17.0 Å². The zero-order valence-electron chi connectivity index (χ0n) is 18.7. The van der Waals surface area contributed by atoms with Crippen molar-refractivity contribution in [2.24, 2.45) is 0 Å². The lowest BCUT2D eigenvalue weighted by Crippen LogP contribution is -2.51. The first-order valence-corrected chi connectivity index (χ1v) is 11.5. The van der Waals surface area contributed by atoms with Gasteiger partial charge in [-0.1, -0.05) is 30.5 Å². The number of rotatable bonds is 5. The summed E-state index contributed by atoms with van der Waals surface area (Å²) in [7, 11) is 0. The lowest BCUT2D eigenvalue weighted by atomic mass is 9.95. The van der Waals surface area contributed by atoms with Crippen LogP contribution in [0.15, 0.2) is 24.3 Å². The van der Waals surface area contributed by atoms with E-state index in [2.05, 4.69) is 20.9 Å². The monoisotopic (exact) mass is 455 g/mol. The third kappa shape index (κ3) is 5.29. The van der Waals surface area contributed by atoms with Crippen molar-refractivity contribution < 1.29 is 14.5 Å². The number of nitro groups is 1. The van der Waals surface area contributed by atoms with Crippen LogP contribution in [0.5, 0.6) is 0 Å². The van der Waals surface area contributed by atoms with Gasteiger partial charge in [0.1, 0.15) is 0 Å². The molecule has 0 radical (unpaired) electrons. The largest absolute Gasteiger partial charge is 0.348 e. The van der Waals surface area contributed by atoms with E-state index in [1.807, 2.05) is 4.90 Å². The molecule has 2 N–H and O–H groups in total. The van der Waals surface area contributed by atoms with Crippen molar-refractivity contribution in [1.29, 1.82) is 0 Å². The minimum Gasteiger partial charge on any atom is -0.348 e. The molecule has 1 aliphatic carbocycles. The van der Waals surface area contributed by atoms with E-state index in [0.717, 1.165) is 12.8 Å². The summed E-state index contributed by atoms with van der Waals surface area (Å²) in [6.07, 6.45) is 7.03. The number of nitro benzene ring substituents is 1. The number of hydrogen-bond donors (Lipinski definition) is 2. The van der Waals surface area contributed by atoms with Crippen molar-refractivity contribution in [3.8, 4) is 5.69 Å². The van der Waals surface area contributed by atoms with Crippen LogP contribution in [0.3, 0.4) is 0 Å². The number of piperidine rings is 1. The second kappa shape index (κ2) is 9.97. The molecule has 0 spiro atoms. The van der Waals surface area contributed by atoms with Crippen LogP contribution in [0.1, 0.15) is 61.1 Å². The molecular weight excluding hydrogens is 426 g/mol. The number of carbonyl (C=O) groups is 2. The highest BCUT2D eigenvalue weighted by atomic mass is 16.6. The number of amides is 3. The van der Waals surface area contributed by atoms with E-state index >= 15 is 0 Å². The van der Waals surface area contributed by atoms with E-state index in [0.29, 0.717) is 37.3 Å². The van der Waals surface area contributed by atoms with Gasteiger partial charge in [0.2, 0.25) is 0 Å². The van der Waals surface area contributed by atoms with Gasteiger partial charge in [0, 0.05) is 37.3 Å². The van der Waals surface area contributed by atoms with Gasteiger partial charge in [0.25, 0.3) is 11.6 Å². The predicted molar refractivity (Wildman–Crippen MR) is 120 cm³/mol. The van der Waals surface area contributed by atoms with Gasteiger partial charge in [-0.15, -0.1) is 5.10 Å². The molecule has 0 unspecified atom stereocenters. The number of carbonyl (C=O) groups excluding carboxylic acids is 2. The number of hydrogen-bond acceptors (Lipinski definition) is 6. The Morgan fingerprint density at radius 1 is 1.06 bits per heavy atom. The summed E-state index contributed by atoms with van der Waals surface area (Å²) in [5, 5.41) is 25.2. The maximum atomic E-state index is 12.8. The Labute approximate surface area is 191 Å². The molecule has 1 aromatic carbocycles. The lowest BCUT2D eigenvalue weighted by molar-refractivity contribution is -0.384. The first-order valence-electron chi connectivity index (χ1n) is 11.5. The van der Waals surface area contributed by atoms with Crippen molar-refractivity contribution in [3.05, 3.63) is 45.8 Å². The molecule has 2 fully saturated rings. The number of aromatic nitrogens is 3. The van der Waals surface area contributed by atoms with Crippen LogP contribution in [0.4, 0.5) is 10.5 Å². The predicted octanol–water partition coefficient (Wildman–Crippen LogP) is 2.72. The third-order valence-corrected chi connectivity index (χ3v) is 6.44. The van der Waals surface area contributed by atoms with Crippen LogP contribution in [-0.2, 0) is 0 Å². The Bertz CT molecular complexity index is 1020. The number of non-ortho nitro benzene ring substituents is 1. The van der Waals surface area contributed by atoms with Gasteiger partial charge in [-0.05, 0) is 38.7 Å². The van der Waals surface area contributed by atoms with Gasteiger partial charge >= 0.3 is 6.03 Å². The summed E-state index contributed by atoms with van der Waals surface area (Å²) in [4.78, 5) is 37.7. The zero-order valence-corrected chi connectivity index (χ0v) is 18.7. The highest BCUT2D eigenvalue weighted by Gasteiger charge is 2.27. The Hall–Kier alpha value is -3.50. The summed E-state index contributed by atoms with van der Waals surface area (Å²) < 4.78 is 1.42. The maximum absolute atomic E-state index is 12.8. The topological polar surface area (TPSA) is 135 Å².